The second-order valence-electron chi connectivity index (χ2n) is 3.82. The van der Waals surface area contributed by atoms with Gasteiger partial charge in [0.1, 0.15) is 11.5 Å². The van der Waals surface area contributed by atoms with Crippen molar-refractivity contribution in [2.24, 2.45) is 5.92 Å². The molecule has 1 fully saturated rings. The molecule has 1 atom stereocenters. The summed E-state index contributed by atoms with van der Waals surface area (Å²) in [5, 5.41) is 18.3. The van der Waals surface area contributed by atoms with Crippen molar-refractivity contribution in [2.75, 3.05) is 12.3 Å². The molecule has 1 aromatic heterocycles. The summed E-state index contributed by atoms with van der Waals surface area (Å²) in [6.45, 7) is 0.280. The lowest BCUT2D eigenvalue weighted by molar-refractivity contribution is 0.0896. The Morgan fingerprint density at radius 1 is 1.80 bits per heavy atom. The first kappa shape index (κ1) is 9.97. The summed E-state index contributed by atoms with van der Waals surface area (Å²) in [4.78, 5) is 11.5. The van der Waals surface area contributed by atoms with Crippen molar-refractivity contribution in [3.8, 4) is 0 Å². The van der Waals surface area contributed by atoms with E-state index in [0.717, 1.165) is 12.8 Å². The lowest BCUT2D eigenvalue weighted by Crippen LogP contribution is -2.33. The summed E-state index contributed by atoms with van der Waals surface area (Å²) in [6.07, 6.45) is 1.66. The predicted molar refractivity (Wildman–Crippen MR) is 54.1 cm³/mol. The van der Waals surface area contributed by atoms with E-state index in [-0.39, 0.29) is 18.3 Å². The highest BCUT2D eigenvalue weighted by Crippen LogP contribution is 2.32. The Morgan fingerprint density at radius 3 is 3.07 bits per heavy atom. The average molecular weight is 210 g/mol. The monoisotopic (exact) mass is 210 g/mol. The van der Waals surface area contributed by atoms with Gasteiger partial charge in [0.05, 0.1) is 6.10 Å². The van der Waals surface area contributed by atoms with Gasteiger partial charge in [-0.05, 0) is 18.8 Å². The van der Waals surface area contributed by atoms with Crippen molar-refractivity contribution in [3.63, 3.8) is 0 Å². The summed E-state index contributed by atoms with van der Waals surface area (Å²) < 4.78 is 0. The van der Waals surface area contributed by atoms with Crippen molar-refractivity contribution in [2.45, 2.75) is 18.9 Å². The summed E-state index contributed by atoms with van der Waals surface area (Å²) in [6, 6.07) is 1.46. The van der Waals surface area contributed by atoms with E-state index in [2.05, 4.69) is 15.5 Å². The number of aliphatic hydroxyl groups is 1. The molecule has 0 radical (unpaired) electrons. The van der Waals surface area contributed by atoms with Crippen LogP contribution in [0.1, 0.15) is 23.3 Å². The highest BCUT2D eigenvalue weighted by Gasteiger charge is 2.29. The molecular weight excluding hydrogens is 196 g/mol. The smallest absolute Gasteiger partial charge is 0.269 e. The standard InChI is InChI=1S/C9H14N4O2/c10-8-3-6(12-13-8)9(15)11-4-7(14)5-1-2-5/h3,5,7,14H,1-2,4H2,(H,11,15)(H3,10,12,13). The zero-order valence-electron chi connectivity index (χ0n) is 8.23. The minimum absolute atomic E-state index is 0.280. The van der Waals surface area contributed by atoms with Gasteiger partial charge in [-0.3, -0.25) is 9.89 Å². The highest BCUT2D eigenvalue weighted by atomic mass is 16.3. The van der Waals surface area contributed by atoms with Gasteiger partial charge in [-0.2, -0.15) is 5.10 Å². The van der Waals surface area contributed by atoms with Crippen LogP contribution in [-0.2, 0) is 0 Å². The third-order valence-electron chi connectivity index (χ3n) is 2.48. The number of hydrogen-bond acceptors (Lipinski definition) is 4. The Kier molecular flexibility index (Phi) is 2.59. The molecule has 6 heteroatoms. The number of carbonyl (C=O) groups excluding carboxylic acids is 1. The van der Waals surface area contributed by atoms with Crippen LogP contribution in [0.3, 0.4) is 0 Å². The van der Waals surface area contributed by atoms with Gasteiger partial charge in [0, 0.05) is 12.6 Å². The first-order chi connectivity index (χ1) is 7.16. The quantitative estimate of drug-likeness (QED) is 0.537. The molecule has 2 rings (SSSR count). The summed E-state index contributed by atoms with van der Waals surface area (Å²) in [5.74, 6) is 0.346. The van der Waals surface area contributed by atoms with Gasteiger partial charge in [0.25, 0.3) is 5.91 Å². The maximum absolute atomic E-state index is 11.5. The fraction of sp³-hybridized carbons (Fsp3) is 0.556. The van der Waals surface area contributed by atoms with Crippen molar-refractivity contribution < 1.29 is 9.90 Å². The molecule has 15 heavy (non-hydrogen) atoms. The minimum Gasteiger partial charge on any atom is -0.391 e. The number of aromatic amines is 1. The number of aliphatic hydroxyl groups excluding tert-OH is 1. The number of nitrogen functional groups attached to an aromatic ring is 1. The van der Waals surface area contributed by atoms with Crippen LogP contribution in [0.4, 0.5) is 5.82 Å². The zero-order chi connectivity index (χ0) is 10.8. The SMILES string of the molecule is Nc1cc(C(=O)NCC(O)C2CC2)[nH]n1. The van der Waals surface area contributed by atoms with Crippen molar-refractivity contribution in [3.05, 3.63) is 11.8 Å². The lowest BCUT2D eigenvalue weighted by Gasteiger charge is -2.09. The largest absolute Gasteiger partial charge is 0.391 e. The molecule has 6 nitrogen and oxygen atoms in total. The number of aromatic nitrogens is 2. The highest BCUT2D eigenvalue weighted by molar-refractivity contribution is 5.92. The van der Waals surface area contributed by atoms with E-state index in [1.54, 1.807) is 0 Å². The molecule has 1 aliphatic rings. The number of H-pyrrole nitrogens is 1. The number of nitrogens with one attached hydrogen (secondary N) is 2. The lowest BCUT2D eigenvalue weighted by atomic mass is 10.2. The number of rotatable bonds is 4. The van der Waals surface area contributed by atoms with Crippen molar-refractivity contribution in [1.82, 2.24) is 15.5 Å². The van der Waals surface area contributed by atoms with Crippen LogP contribution in [0, 0.1) is 5.92 Å². The number of hydrogen-bond donors (Lipinski definition) is 4. The zero-order valence-corrected chi connectivity index (χ0v) is 8.23. The minimum atomic E-state index is -0.436. The molecule has 1 unspecified atom stereocenters. The molecule has 0 aromatic carbocycles. The molecule has 0 bridgehead atoms. The summed E-state index contributed by atoms with van der Waals surface area (Å²) >= 11 is 0. The van der Waals surface area contributed by atoms with Gasteiger partial charge in [-0.25, -0.2) is 0 Å². The normalized spacial score (nSPS) is 17.4. The van der Waals surface area contributed by atoms with Crippen LogP contribution in [0.5, 0.6) is 0 Å². The molecule has 1 amide bonds. The third-order valence-corrected chi connectivity index (χ3v) is 2.48. The molecule has 1 heterocycles. The molecule has 5 N–H and O–H groups in total. The Labute approximate surface area is 86.9 Å². The number of anilines is 1. The molecule has 82 valence electrons. The van der Waals surface area contributed by atoms with E-state index < -0.39 is 6.10 Å². The van der Waals surface area contributed by atoms with E-state index in [1.165, 1.54) is 6.07 Å². The van der Waals surface area contributed by atoms with Crippen LogP contribution < -0.4 is 11.1 Å². The second kappa shape index (κ2) is 3.90. The fourth-order valence-corrected chi connectivity index (χ4v) is 1.39. The van der Waals surface area contributed by atoms with Crippen LogP contribution in [-0.4, -0.2) is 33.9 Å². The summed E-state index contributed by atoms with van der Waals surface area (Å²) in [7, 11) is 0. The van der Waals surface area contributed by atoms with Gasteiger partial charge in [-0.15, -0.1) is 0 Å². The molecule has 0 spiro atoms. The van der Waals surface area contributed by atoms with Crippen LogP contribution in [0.15, 0.2) is 6.07 Å². The van der Waals surface area contributed by atoms with Gasteiger partial charge < -0.3 is 16.2 Å². The van der Waals surface area contributed by atoms with E-state index in [1.807, 2.05) is 0 Å². The van der Waals surface area contributed by atoms with Gasteiger partial charge in [-0.1, -0.05) is 0 Å². The van der Waals surface area contributed by atoms with E-state index in [0.29, 0.717) is 11.6 Å². The molecule has 0 aliphatic heterocycles. The number of nitrogens with zero attached hydrogens (tertiary/aromatic N) is 1. The Hall–Kier alpha value is -1.56. The Bertz CT molecular complexity index is 359. The second-order valence-corrected chi connectivity index (χ2v) is 3.82. The summed E-state index contributed by atoms with van der Waals surface area (Å²) in [5.41, 5.74) is 5.67. The van der Waals surface area contributed by atoms with E-state index in [4.69, 9.17) is 5.73 Å². The first-order valence-corrected chi connectivity index (χ1v) is 4.94. The van der Waals surface area contributed by atoms with Crippen LogP contribution in [0.2, 0.25) is 0 Å². The maximum atomic E-state index is 11.5. The number of nitrogens with two attached hydrogens (primary N) is 1. The Morgan fingerprint density at radius 2 is 2.53 bits per heavy atom. The van der Waals surface area contributed by atoms with E-state index >= 15 is 0 Å². The Balaban J connectivity index is 1.81. The van der Waals surface area contributed by atoms with Gasteiger partial charge in [0.15, 0.2) is 0 Å². The number of carbonyl (C=O) groups is 1. The van der Waals surface area contributed by atoms with Crippen molar-refractivity contribution >= 4 is 11.7 Å². The molecule has 1 saturated carbocycles. The first-order valence-electron chi connectivity index (χ1n) is 4.94. The number of amides is 1. The maximum Gasteiger partial charge on any atom is 0.269 e. The fourth-order valence-electron chi connectivity index (χ4n) is 1.39. The molecule has 1 aliphatic carbocycles. The van der Waals surface area contributed by atoms with Crippen LogP contribution in [0.25, 0.3) is 0 Å². The third kappa shape index (κ3) is 2.47. The molecule has 1 aromatic rings. The average Bonchev–Trinajstić information content (AvgIpc) is 2.97. The van der Waals surface area contributed by atoms with Crippen molar-refractivity contribution in [1.29, 1.82) is 0 Å². The molecular formula is C9H14N4O2. The predicted octanol–water partition coefficient (Wildman–Crippen LogP) is -0.507. The van der Waals surface area contributed by atoms with Crippen LogP contribution >= 0.6 is 0 Å². The topological polar surface area (TPSA) is 104 Å². The molecule has 0 saturated heterocycles. The van der Waals surface area contributed by atoms with E-state index in [9.17, 15) is 9.90 Å². The van der Waals surface area contributed by atoms with Gasteiger partial charge >= 0.3 is 0 Å². The van der Waals surface area contributed by atoms with Gasteiger partial charge in [0.2, 0.25) is 0 Å².